The molecule has 0 aromatic rings. The van der Waals surface area contributed by atoms with Crippen molar-refractivity contribution in [2.45, 2.75) is 18.8 Å². The van der Waals surface area contributed by atoms with Crippen LogP contribution >= 0.6 is 11.6 Å². The molecule has 0 heterocycles. The third-order valence-corrected chi connectivity index (χ3v) is 2.82. The van der Waals surface area contributed by atoms with Crippen molar-refractivity contribution < 1.29 is 19.2 Å². The Labute approximate surface area is 89.0 Å². The molecule has 0 rings (SSSR count). The molecule has 0 fully saturated rings. The van der Waals surface area contributed by atoms with Crippen LogP contribution in [0.5, 0.6) is 0 Å². The van der Waals surface area contributed by atoms with Crippen molar-refractivity contribution >= 4 is 23.4 Å². The summed E-state index contributed by atoms with van der Waals surface area (Å²) in [4.78, 5) is 21.7. The highest BCUT2D eigenvalue weighted by molar-refractivity contribution is 6.20. The Morgan fingerprint density at radius 1 is 1.36 bits per heavy atom. The molecule has 0 saturated heterocycles. The van der Waals surface area contributed by atoms with Crippen molar-refractivity contribution in [2.75, 3.05) is 21.1 Å². The number of aliphatic carboxylic acids is 1. The maximum atomic E-state index is 11.0. The van der Waals surface area contributed by atoms with Gasteiger partial charge in [-0.25, -0.2) is 0 Å². The van der Waals surface area contributed by atoms with Crippen LogP contribution in [0.25, 0.3) is 0 Å². The zero-order valence-electron chi connectivity index (χ0n) is 8.95. The molecule has 0 aromatic carbocycles. The van der Waals surface area contributed by atoms with Gasteiger partial charge in [-0.3, -0.25) is 9.59 Å². The number of carbonyl (C=O) groups excluding carboxylic acids is 1. The lowest BCUT2D eigenvalue weighted by atomic mass is 10.0. The van der Waals surface area contributed by atoms with Crippen LogP contribution in [-0.2, 0) is 9.59 Å². The molecule has 0 aliphatic carbocycles. The molecular weight excluding hydrogens is 206 g/mol. The van der Waals surface area contributed by atoms with Crippen molar-refractivity contribution in [2.24, 2.45) is 5.92 Å². The molecule has 0 amide bonds. The van der Waals surface area contributed by atoms with Crippen molar-refractivity contribution in [3.05, 3.63) is 0 Å². The summed E-state index contributed by atoms with van der Waals surface area (Å²) >= 11 is 6.00. The standard InChI is InChI=1S/C9H16ClNO3/c1-6(12)7(9(13)14)5-8(10)11(2,3)4/h7-8H,5H2,1-4H3/p+1/t7-,8-/m1/s1. The summed E-state index contributed by atoms with van der Waals surface area (Å²) in [5.74, 6) is -2.44. The van der Waals surface area contributed by atoms with Crippen molar-refractivity contribution in [3.8, 4) is 0 Å². The van der Waals surface area contributed by atoms with Crippen LogP contribution in [0.2, 0.25) is 0 Å². The average Bonchev–Trinajstić information content (AvgIpc) is 1.96. The van der Waals surface area contributed by atoms with E-state index in [-0.39, 0.29) is 17.7 Å². The molecule has 0 aliphatic heterocycles. The van der Waals surface area contributed by atoms with Crippen molar-refractivity contribution in [1.82, 2.24) is 0 Å². The molecule has 82 valence electrons. The van der Waals surface area contributed by atoms with Gasteiger partial charge in [-0.15, -0.1) is 0 Å². The SMILES string of the molecule is CC(=O)[C@@H](C[C@H](Cl)[N+](C)(C)C)C(=O)O. The zero-order chi connectivity index (χ0) is 11.5. The van der Waals surface area contributed by atoms with Gasteiger partial charge >= 0.3 is 5.97 Å². The van der Waals surface area contributed by atoms with Crippen LogP contribution in [0.15, 0.2) is 0 Å². The third kappa shape index (κ3) is 4.07. The molecule has 0 bridgehead atoms. The van der Waals surface area contributed by atoms with E-state index in [9.17, 15) is 9.59 Å². The number of carboxylic acid groups (broad SMARTS) is 1. The highest BCUT2D eigenvalue weighted by Crippen LogP contribution is 2.19. The molecule has 0 saturated carbocycles. The van der Waals surface area contributed by atoms with E-state index in [0.717, 1.165) is 0 Å². The zero-order valence-corrected chi connectivity index (χ0v) is 9.71. The molecule has 0 aliphatic rings. The Morgan fingerprint density at radius 3 is 2.00 bits per heavy atom. The minimum Gasteiger partial charge on any atom is -0.481 e. The summed E-state index contributed by atoms with van der Waals surface area (Å²) in [5, 5.41) is 8.77. The first-order valence-corrected chi connectivity index (χ1v) is 4.78. The quantitative estimate of drug-likeness (QED) is 0.326. The van der Waals surface area contributed by atoms with E-state index in [2.05, 4.69) is 0 Å². The third-order valence-electron chi connectivity index (χ3n) is 2.06. The second-order valence-corrected chi connectivity index (χ2v) is 4.79. The van der Waals surface area contributed by atoms with Gasteiger partial charge in [0.15, 0.2) is 5.50 Å². The van der Waals surface area contributed by atoms with Gasteiger partial charge in [-0.1, -0.05) is 11.6 Å². The first-order chi connectivity index (χ1) is 6.16. The van der Waals surface area contributed by atoms with Gasteiger partial charge in [-0.2, -0.15) is 0 Å². The van der Waals surface area contributed by atoms with E-state index in [1.165, 1.54) is 6.92 Å². The summed E-state index contributed by atoms with van der Waals surface area (Å²) in [6, 6.07) is 0. The molecular formula is C9H17ClNO3+. The van der Waals surface area contributed by atoms with Gasteiger partial charge in [0, 0.05) is 6.42 Å². The number of nitrogens with zero attached hydrogens (tertiary/aromatic N) is 1. The van der Waals surface area contributed by atoms with E-state index in [1.807, 2.05) is 21.1 Å². The van der Waals surface area contributed by atoms with Crippen molar-refractivity contribution in [1.29, 1.82) is 0 Å². The molecule has 0 radical (unpaired) electrons. The molecule has 0 spiro atoms. The molecule has 5 heteroatoms. The summed E-state index contributed by atoms with van der Waals surface area (Å²) < 4.78 is 0.429. The number of alkyl halides is 1. The number of hydrogen-bond acceptors (Lipinski definition) is 2. The Hall–Kier alpha value is -0.610. The smallest absolute Gasteiger partial charge is 0.314 e. The Kier molecular flexibility index (Phi) is 4.55. The number of ketones is 1. The monoisotopic (exact) mass is 222 g/mol. The molecule has 0 unspecified atom stereocenters. The number of carbonyl (C=O) groups is 2. The number of rotatable bonds is 5. The van der Waals surface area contributed by atoms with E-state index >= 15 is 0 Å². The average molecular weight is 223 g/mol. The van der Waals surface area contributed by atoms with Gasteiger partial charge in [0.1, 0.15) is 11.7 Å². The summed E-state index contributed by atoms with van der Waals surface area (Å²) in [7, 11) is 5.57. The lowest BCUT2D eigenvalue weighted by Gasteiger charge is -2.30. The van der Waals surface area contributed by atoms with Gasteiger partial charge in [-0.05, 0) is 6.92 Å². The Bertz CT molecular complexity index is 221. The van der Waals surface area contributed by atoms with Crippen LogP contribution in [0.3, 0.4) is 0 Å². The minimum atomic E-state index is -1.10. The maximum Gasteiger partial charge on any atom is 0.314 e. The Morgan fingerprint density at radius 2 is 1.79 bits per heavy atom. The van der Waals surface area contributed by atoms with E-state index in [4.69, 9.17) is 16.7 Å². The predicted molar refractivity (Wildman–Crippen MR) is 54.1 cm³/mol. The van der Waals surface area contributed by atoms with Crippen LogP contribution in [0.1, 0.15) is 13.3 Å². The summed E-state index contributed by atoms with van der Waals surface area (Å²) in [5.41, 5.74) is -0.375. The topological polar surface area (TPSA) is 54.4 Å². The van der Waals surface area contributed by atoms with Gasteiger partial charge in [0.2, 0.25) is 0 Å². The van der Waals surface area contributed by atoms with Crippen LogP contribution in [-0.4, -0.2) is 48.0 Å². The normalized spacial score (nSPS) is 16.1. The number of carboxylic acids is 1. The molecule has 4 nitrogen and oxygen atoms in total. The highest BCUT2D eigenvalue weighted by atomic mass is 35.5. The number of quaternary nitrogens is 1. The fourth-order valence-corrected chi connectivity index (χ4v) is 1.13. The first kappa shape index (κ1) is 13.4. The fraction of sp³-hybridized carbons (Fsp3) is 0.778. The fourth-order valence-electron chi connectivity index (χ4n) is 0.951. The van der Waals surface area contributed by atoms with Crippen LogP contribution in [0.4, 0.5) is 0 Å². The van der Waals surface area contributed by atoms with E-state index in [1.54, 1.807) is 0 Å². The number of Topliss-reactive ketones (excluding diaryl/α,β-unsaturated/α-hetero) is 1. The van der Waals surface area contributed by atoms with Crippen LogP contribution in [0, 0.1) is 5.92 Å². The first-order valence-electron chi connectivity index (χ1n) is 4.34. The van der Waals surface area contributed by atoms with Gasteiger partial charge in [0.05, 0.1) is 21.1 Å². The van der Waals surface area contributed by atoms with E-state index < -0.39 is 11.9 Å². The number of halogens is 1. The predicted octanol–water partition coefficient (Wildman–Crippen LogP) is 0.937. The van der Waals surface area contributed by atoms with Crippen LogP contribution < -0.4 is 0 Å². The number of hydrogen-bond donors (Lipinski definition) is 1. The second-order valence-electron chi connectivity index (χ2n) is 4.29. The lowest BCUT2D eigenvalue weighted by Crippen LogP contribution is -2.44. The molecule has 14 heavy (non-hydrogen) atoms. The minimum absolute atomic E-state index is 0.162. The van der Waals surface area contributed by atoms with Gasteiger partial charge in [0.25, 0.3) is 0 Å². The second kappa shape index (κ2) is 4.75. The largest absolute Gasteiger partial charge is 0.481 e. The summed E-state index contributed by atoms with van der Waals surface area (Å²) in [6.45, 7) is 1.28. The molecule has 1 N–H and O–H groups in total. The summed E-state index contributed by atoms with van der Waals surface area (Å²) in [6.07, 6.45) is 0.162. The van der Waals surface area contributed by atoms with Gasteiger partial charge < -0.3 is 9.59 Å². The molecule has 2 atom stereocenters. The van der Waals surface area contributed by atoms with E-state index in [0.29, 0.717) is 4.48 Å². The Balaban J connectivity index is 4.47. The van der Waals surface area contributed by atoms with Crippen molar-refractivity contribution in [3.63, 3.8) is 0 Å². The maximum absolute atomic E-state index is 11.0. The highest BCUT2D eigenvalue weighted by Gasteiger charge is 2.31. The molecule has 0 aromatic heterocycles. The lowest BCUT2D eigenvalue weighted by molar-refractivity contribution is -0.883.